The molecule has 0 saturated carbocycles. The Kier molecular flexibility index (Phi) is 18.9. The van der Waals surface area contributed by atoms with Crippen molar-refractivity contribution >= 4 is 95.3 Å². The minimum atomic E-state index is -2.08. The maximum atomic E-state index is 11.4. The van der Waals surface area contributed by atoms with Crippen molar-refractivity contribution in [2.75, 3.05) is 7.11 Å². The number of ether oxygens (including phenoxy) is 1. The van der Waals surface area contributed by atoms with E-state index in [0.29, 0.717) is 21.5 Å². The Morgan fingerprint density at radius 2 is 1.24 bits per heavy atom. The van der Waals surface area contributed by atoms with Crippen molar-refractivity contribution in [3.8, 4) is 28.4 Å². The number of phenols is 1. The molecular weight excluding hydrogens is 1240 g/mol. The fourth-order valence-corrected chi connectivity index (χ4v) is 14.0. The van der Waals surface area contributed by atoms with Crippen molar-refractivity contribution in [3.05, 3.63) is 174 Å². The first-order valence-corrected chi connectivity index (χ1v) is 32.2. The summed E-state index contributed by atoms with van der Waals surface area (Å²) < 4.78 is 20.8. The number of para-hydroxylation sites is 1. The predicted octanol–water partition coefficient (Wildman–Crippen LogP) is 17.5. The molecule has 0 saturated heterocycles. The van der Waals surface area contributed by atoms with Crippen LogP contribution in [0.15, 0.2) is 128 Å². The molecule has 0 unspecified atom stereocenters. The van der Waals surface area contributed by atoms with Crippen molar-refractivity contribution < 1.29 is 32.2 Å². The zero-order valence-corrected chi connectivity index (χ0v) is 50.3. The molecule has 0 fully saturated rings. The molecule has 0 atom stereocenters. The second kappa shape index (κ2) is 24.6. The van der Waals surface area contributed by atoms with Gasteiger partial charge in [0, 0.05) is 34.3 Å². The van der Waals surface area contributed by atoms with Gasteiger partial charge in [-0.3, -0.25) is 9.97 Å². The van der Waals surface area contributed by atoms with E-state index in [-0.39, 0.29) is 5.04 Å². The van der Waals surface area contributed by atoms with Crippen LogP contribution in [-0.4, -0.2) is 34.9 Å². The Labute approximate surface area is 455 Å². The minimum Gasteiger partial charge on any atom is -0.665 e. The number of nitrogens with zero attached hydrogens (tertiary/aromatic N) is 4. The Balaban J connectivity index is 0.000000156. The van der Waals surface area contributed by atoms with Crippen LogP contribution in [0.3, 0.4) is 0 Å². The zero-order valence-electron chi connectivity index (χ0n) is 41.7. The molecule has 0 spiro atoms. The molecule has 5 aromatic carbocycles. The Hall–Kier alpha value is -4.28. The number of pyridine rings is 2. The summed E-state index contributed by atoms with van der Waals surface area (Å²) in [6, 6.07) is 33.9. The van der Waals surface area contributed by atoms with E-state index in [1.165, 1.54) is 47.9 Å². The summed E-state index contributed by atoms with van der Waals surface area (Å²) in [7, 11) is -0.410. The fraction of sp³-hybridized carbons (Fsp3) is 0.293. The monoisotopic (exact) mass is 1300 g/mol. The molecule has 2 aliphatic rings. The van der Waals surface area contributed by atoms with Gasteiger partial charge in [-0.1, -0.05) is 71.0 Å². The summed E-state index contributed by atoms with van der Waals surface area (Å²) in [5.74, 6) is 2.17. The van der Waals surface area contributed by atoms with Gasteiger partial charge in [-0.2, -0.15) is 11.4 Å². The zero-order chi connectivity index (χ0) is 50.9. The van der Waals surface area contributed by atoms with Crippen LogP contribution in [0.2, 0.25) is 28.2 Å². The van der Waals surface area contributed by atoms with E-state index in [4.69, 9.17) is 32.4 Å². The smallest absolute Gasteiger partial charge is 0.0964 e. The third-order valence-corrected chi connectivity index (χ3v) is 21.7. The van der Waals surface area contributed by atoms with Crippen molar-refractivity contribution in [3.63, 3.8) is 0 Å². The number of aromatic nitrogens is 3. The van der Waals surface area contributed by atoms with Gasteiger partial charge in [0.05, 0.1) is 20.0 Å². The number of aryl methyl sites for hydroxylation is 4. The Bertz CT molecular complexity index is 3150. The van der Waals surface area contributed by atoms with Crippen LogP contribution in [0.4, 0.5) is 5.69 Å². The van der Waals surface area contributed by atoms with Crippen molar-refractivity contribution in [2.45, 2.75) is 104 Å². The largest absolute Gasteiger partial charge is 0.665 e. The van der Waals surface area contributed by atoms with Crippen molar-refractivity contribution in [1.82, 2.24) is 15.0 Å². The van der Waals surface area contributed by atoms with Gasteiger partial charge in [0.15, 0.2) is 0 Å². The number of hydrogen-bond acceptors (Lipinski definition) is 6. The van der Waals surface area contributed by atoms with Crippen LogP contribution in [0.1, 0.15) is 85.7 Å². The van der Waals surface area contributed by atoms with Crippen LogP contribution >= 0.6 is 55.1 Å². The van der Waals surface area contributed by atoms with Gasteiger partial charge < -0.3 is 14.5 Å². The first kappa shape index (κ1) is 54.5. The summed E-state index contributed by atoms with van der Waals surface area (Å²) in [6.07, 6.45) is 12.7. The SMILES string of the molecule is CC(C)(C)[Si](C)(C)Oc1c(Br)cc2c(c1-c1c(O)c(Br)cc3c1CCCC3)CCCC2.COc1ccccc1[CH]=[W]=[N]c1c(Cl)cccc1Cl.Cc1ccc(C)[n-]1.c1cnc2c(c1)ccc1cccnc12. The average Bonchev–Trinajstić information content (AvgIpc) is 3.75. The second-order valence-corrected chi connectivity index (χ2v) is 28.8. The van der Waals surface area contributed by atoms with E-state index in [0.717, 1.165) is 96.0 Å². The minimum absolute atomic E-state index is 0.0956. The van der Waals surface area contributed by atoms with Gasteiger partial charge in [0.1, 0.15) is 11.5 Å². The molecule has 370 valence electrons. The van der Waals surface area contributed by atoms with Crippen LogP contribution in [-0.2, 0) is 43.6 Å². The molecule has 3 aromatic heterocycles. The van der Waals surface area contributed by atoms with E-state index in [1.54, 1.807) is 31.6 Å². The van der Waals surface area contributed by atoms with E-state index < -0.39 is 26.2 Å². The molecule has 13 heteroatoms. The van der Waals surface area contributed by atoms with Gasteiger partial charge in [-0.15, -0.1) is 0 Å². The molecule has 71 heavy (non-hydrogen) atoms. The number of halogens is 4. The van der Waals surface area contributed by atoms with Crippen LogP contribution in [0.5, 0.6) is 17.2 Å². The maximum Gasteiger partial charge on any atom is 0.0964 e. The van der Waals surface area contributed by atoms with Crippen LogP contribution in [0, 0.1) is 13.8 Å². The third kappa shape index (κ3) is 13.5. The van der Waals surface area contributed by atoms with Crippen LogP contribution in [0.25, 0.3) is 32.9 Å². The predicted molar refractivity (Wildman–Crippen MR) is 303 cm³/mol. The number of hydrogen-bond donors (Lipinski definition) is 1. The van der Waals surface area contributed by atoms with Crippen molar-refractivity contribution in [2.24, 2.45) is 3.50 Å². The molecule has 10 rings (SSSR count). The Morgan fingerprint density at radius 1 is 0.704 bits per heavy atom. The third-order valence-electron chi connectivity index (χ3n) is 13.2. The molecule has 8 aromatic rings. The number of rotatable bonds is 6. The molecule has 0 bridgehead atoms. The molecule has 0 aliphatic heterocycles. The molecule has 3 heterocycles. The molecular formula is C58H61Br2Cl2N4O3SiW-. The molecule has 2 aliphatic carbocycles. The number of fused-ring (bicyclic) bond motifs is 5. The maximum absolute atomic E-state index is 11.4. The normalized spacial score (nSPS) is 13.0. The van der Waals surface area contributed by atoms with Gasteiger partial charge in [-0.05, 0) is 148 Å². The topological polar surface area (TPSA) is 90.9 Å². The summed E-state index contributed by atoms with van der Waals surface area (Å²) in [4.78, 5) is 12.8. The van der Waals surface area contributed by atoms with Gasteiger partial charge in [0.2, 0.25) is 0 Å². The Morgan fingerprint density at radius 3 is 1.77 bits per heavy atom. The van der Waals surface area contributed by atoms with E-state index >= 15 is 0 Å². The van der Waals surface area contributed by atoms with Crippen molar-refractivity contribution in [1.29, 1.82) is 0 Å². The molecule has 7 nitrogen and oxygen atoms in total. The molecule has 0 radical (unpaired) electrons. The van der Waals surface area contributed by atoms with Gasteiger partial charge >= 0.3 is 130 Å². The number of aromatic hydroxyl groups is 1. The quantitative estimate of drug-likeness (QED) is 0.132. The van der Waals surface area contributed by atoms with Crippen LogP contribution < -0.4 is 14.1 Å². The number of benzene rings is 5. The molecule has 0 amide bonds. The van der Waals surface area contributed by atoms with Gasteiger partial charge in [0.25, 0.3) is 8.32 Å². The summed E-state index contributed by atoms with van der Waals surface area (Å²) >= 11 is 18.6. The second-order valence-electron chi connectivity index (χ2n) is 19.3. The van der Waals surface area contributed by atoms with E-state index in [1.807, 2.05) is 68.4 Å². The molecule has 1 N–H and O–H groups in total. The fourth-order valence-electron chi connectivity index (χ4n) is 8.50. The average molecular weight is 1300 g/mol. The number of phenolic OH excluding ortho intramolecular Hbond substituents is 1. The summed E-state index contributed by atoms with van der Waals surface area (Å²) in [5.41, 5.74) is 13.6. The number of methoxy groups -OCH3 is 1. The van der Waals surface area contributed by atoms with E-state index in [2.05, 4.69) is 125 Å². The van der Waals surface area contributed by atoms with Gasteiger partial charge in [-0.25, -0.2) is 0 Å². The standard InChI is InChI=1S/C26H34Br2O2Si.C12H8N2.C8H8O.C6H3Cl2N.C6H8N.W/c1-26(2,3)31(4,5)30-25-21(28)15-17-11-7-9-13-19(17)23(25)22-18-12-8-6-10-16(18)14-20(27)24(22)29;1-3-9-5-6-10-4-2-8-14-12(10)11(9)13-7-1;1-7-5-3-4-6-8(7)9-2;7-4-2-1-3-5(8)6(4)9;1-5-3-4-6(2)7-5;/h14-15,29H,6-13H2,1-5H3;1-8H;1,3-6H,2H3;1-3H;3-4H,1-2H3;/q;;;;-1;. The van der Waals surface area contributed by atoms with E-state index in [9.17, 15) is 5.11 Å². The first-order chi connectivity index (χ1) is 34.0. The first-order valence-electron chi connectivity index (χ1n) is 24.0. The summed E-state index contributed by atoms with van der Waals surface area (Å²) in [5, 5.41) is 14.9. The summed E-state index contributed by atoms with van der Waals surface area (Å²) in [6.45, 7) is 15.4.